The van der Waals surface area contributed by atoms with Crippen LogP contribution in [0.25, 0.3) is 11.4 Å². The Labute approximate surface area is 260 Å². The van der Waals surface area contributed by atoms with Crippen LogP contribution in [0.2, 0.25) is 0 Å². The molecule has 13 heteroatoms. The van der Waals surface area contributed by atoms with Gasteiger partial charge in [0, 0.05) is 21.4 Å². The molecule has 2 aromatic heterocycles. The second kappa shape index (κ2) is 11.6. The largest absolute Gasteiger partial charge is 0.495 e. The van der Waals surface area contributed by atoms with E-state index in [1.54, 1.807) is 38.1 Å². The quantitative estimate of drug-likeness (QED) is 0.168. The van der Waals surface area contributed by atoms with Crippen molar-refractivity contribution in [2.45, 2.75) is 19.8 Å². The lowest BCUT2D eigenvalue weighted by Gasteiger charge is -2.20. The molecule has 0 spiro atoms. The van der Waals surface area contributed by atoms with Crippen LogP contribution in [0.1, 0.15) is 54.7 Å². The summed E-state index contributed by atoms with van der Waals surface area (Å²) in [5.41, 5.74) is 1.44. The lowest BCUT2D eigenvalue weighted by Crippen LogP contribution is -2.26. The fraction of sp³-hybridized carbons (Fsp3) is 0.133. The molecule has 0 saturated heterocycles. The van der Waals surface area contributed by atoms with Crippen LogP contribution in [-0.4, -0.2) is 48.8 Å². The first-order chi connectivity index (χ1) is 20.4. The van der Waals surface area contributed by atoms with Gasteiger partial charge in [0.15, 0.2) is 0 Å². The number of H-pyrrole nitrogens is 2. The number of hydrogen-bond acceptors (Lipinski definition) is 5. The molecule has 43 heavy (non-hydrogen) atoms. The first kappa shape index (κ1) is 29.9. The van der Waals surface area contributed by atoms with Crippen LogP contribution in [-0.2, 0) is 0 Å². The molecule has 3 aromatic carbocycles. The lowest BCUT2D eigenvalue weighted by atomic mass is 9.84. The van der Waals surface area contributed by atoms with E-state index in [9.17, 15) is 29.4 Å². The van der Waals surface area contributed by atoms with Gasteiger partial charge in [0.1, 0.15) is 5.75 Å². The van der Waals surface area contributed by atoms with E-state index in [2.05, 4.69) is 42.1 Å². The number of carboxylic acid groups (broad SMARTS) is 2. The fourth-order valence-corrected chi connectivity index (χ4v) is 6.60. The number of rotatable bonds is 8. The predicted molar refractivity (Wildman–Crippen MR) is 166 cm³/mol. The Balaban J connectivity index is 1.82. The van der Waals surface area contributed by atoms with Crippen LogP contribution in [0.5, 0.6) is 5.75 Å². The highest BCUT2D eigenvalue weighted by Crippen LogP contribution is 2.42. The van der Waals surface area contributed by atoms with E-state index in [4.69, 9.17) is 4.74 Å². The SMILES string of the molecule is COc1c(Br)cc(Br)cc1C(c1c(C)[nH]n(-c2cccc(C(=O)O)c2)c1=O)c1c(C)[nH]n(-c2cccc(C(=O)O)c2)c1=O. The summed E-state index contributed by atoms with van der Waals surface area (Å²) >= 11 is 7.04. The van der Waals surface area contributed by atoms with E-state index in [1.807, 2.05) is 0 Å². The Hall–Kier alpha value is -4.62. The molecule has 0 amide bonds. The average Bonchev–Trinajstić information content (AvgIpc) is 3.43. The van der Waals surface area contributed by atoms with E-state index in [-0.39, 0.29) is 22.3 Å². The summed E-state index contributed by atoms with van der Waals surface area (Å²) < 4.78 is 9.45. The number of aromatic nitrogens is 4. The maximum Gasteiger partial charge on any atom is 0.335 e. The van der Waals surface area contributed by atoms with Gasteiger partial charge in [-0.25, -0.2) is 19.0 Å². The molecule has 4 N–H and O–H groups in total. The van der Waals surface area contributed by atoms with E-state index in [1.165, 1.54) is 52.9 Å². The number of carbonyl (C=O) groups is 2. The van der Waals surface area contributed by atoms with Gasteiger partial charge in [0.2, 0.25) is 0 Å². The van der Waals surface area contributed by atoms with Crippen molar-refractivity contribution >= 4 is 43.8 Å². The Morgan fingerprint density at radius 3 is 1.67 bits per heavy atom. The highest BCUT2D eigenvalue weighted by molar-refractivity contribution is 9.11. The van der Waals surface area contributed by atoms with Crippen molar-refractivity contribution in [2.24, 2.45) is 0 Å². The van der Waals surface area contributed by atoms with Gasteiger partial charge in [-0.3, -0.25) is 19.8 Å². The zero-order valence-corrected chi connectivity index (χ0v) is 26.1. The maximum absolute atomic E-state index is 14.2. The molecule has 5 aromatic rings. The number of aromatic carboxylic acids is 2. The molecule has 0 radical (unpaired) electrons. The van der Waals surface area contributed by atoms with Gasteiger partial charge in [-0.15, -0.1) is 0 Å². The standard InChI is InChI=1S/C30H24Br2N4O7/c1-14-23(27(37)35(33-14)19-8-4-6-16(10-19)29(39)40)25(21-12-18(31)13-22(32)26(21)43-3)24-15(2)34-36(28(24)38)20-9-5-7-17(11-20)30(41)42/h4-13,25,33-34H,1-3H3,(H,39,40)(H,41,42). The molecule has 11 nitrogen and oxygen atoms in total. The molecule has 0 aliphatic heterocycles. The number of aromatic amines is 2. The minimum absolute atomic E-state index is 0.000277. The van der Waals surface area contributed by atoms with E-state index >= 15 is 0 Å². The topological polar surface area (TPSA) is 159 Å². The third-order valence-electron chi connectivity index (χ3n) is 7.07. The third kappa shape index (κ3) is 5.37. The Bertz CT molecular complexity index is 1920. The van der Waals surface area contributed by atoms with Crippen molar-refractivity contribution < 1.29 is 24.5 Å². The first-order valence-electron chi connectivity index (χ1n) is 12.8. The molecule has 0 atom stereocenters. The number of aryl methyl sites for hydroxylation is 2. The van der Waals surface area contributed by atoms with Crippen molar-refractivity contribution in [3.8, 4) is 17.1 Å². The number of halogens is 2. The zero-order valence-electron chi connectivity index (χ0n) is 22.9. The predicted octanol–water partition coefficient (Wildman–Crippen LogP) is 5.37. The number of benzene rings is 3. The van der Waals surface area contributed by atoms with Crippen LogP contribution in [0.15, 0.2) is 79.2 Å². The van der Waals surface area contributed by atoms with Crippen molar-refractivity contribution in [3.05, 3.63) is 130 Å². The molecule has 2 heterocycles. The summed E-state index contributed by atoms with van der Waals surface area (Å²) in [6, 6.07) is 15.4. The average molecular weight is 712 g/mol. The first-order valence-corrected chi connectivity index (χ1v) is 14.3. The molecule has 0 fully saturated rings. The molecular formula is C30H24Br2N4O7. The van der Waals surface area contributed by atoms with E-state index in [0.29, 0.717) is 43.0 Å². The van der Waals surface area contributed by atoms with Crippen LogP contribution < -0.4 is 15.9 Å². The number of nitrogens with one attached hydrogen (secondary N) is 2. The smallest absolute Gasteiger partial charge is 0.335 e. The second-order valence-electron chi connectivity index (χ2n) is 9.74. The van der Waals surface area contributed by atoms with E-state index < -0.39 is 29.0 Å². The lowest BCUT2D eigenvalue weighted by molar-refractivity contribution is 0.0686. The number of hydrogen-bond donors (Lipinski definition) is 4. The van der Waals surface area contributed by atoms with Crippen molar-refractivity contribution in [3.63, 3.8) is 0 Å². The third-order valence-corrected chi connectivity index (χ3v) is 8.11. The number of ether oxygens (including phenoxy) is 1. The maximum atomic E-state index is 14.2. The Morgan fingerprint density at radius 1 is 0.791 bits per heavy atom. The number of nitrogens with zero attached hydrogens (tertiary/aromatic N) is 2. The summed E-state index contributed by atoms with van der Waals surface area (Å²) in [5.74, 6) is -2.86. The van der Waals surface area contributed by atoms with Crippen molar-refractivity contribution in [2.75, 3.05) is 7.11 Å². The second-order valence-corrected chi connectivity index (χ2v) is 11.5. The summed E-state index contributed by atoms with van der Waals surface area (Å²) in [5, 5.41) is 25.1. The molecule has 0 aliphatic carbocycles. The van der Waals surface area contributed by atoms with Gasteiger partial charge in [-0.1, -0.05) is 28.1 Å². The van der Waals surface area contributed by atoms with Gasteiger partial charge in [0.25, 0.3) is 11.1 Å². The molecule has 0 bridgehead atoms. The van der Waals surface area contributed by atoms with Gasteiger partial charge in [-0.2, -0.15) is 0 Å². The summed E-state index contributed by atoms with van der Waals surface area (Å²) in [6.45, 7) is 3.38. The fourth-order valence-electron chi connectivity index (χ4n) is 5.18. The summed E-state index contributed by atoms with van der Waals surface area (Å²) in [4.78, 5) is 51.6. The summed E-state index contributed by atoms with van der Waals surface area (Å²) in [7, 11) is 1.48. The zero-order chi connectivity index (χ0) is 31.2. The highest BCUT2D eigenvalue weighted by Gasteiger charge is 2.34. The van der Waals surface area contributed by atoms with Crippen molar-refractivity contribution in [1.82, 2.24) is 19.6 Å². The molecular weight excluding hydrogens is 688 g/mol. The van der Waals surface area contributed by atoms with Crippen LogP contribution in [0.4, 0.5) is 0 Å². The van der Waals surface area contributed by atoms with Crippen LogP contribution in [0.3, 0.4) is 0 Å². The number of methoxy groups -OCH3 is 1. The molecule has 0 unspecified atom stereocenters. The minimum Gasteiger partial charge on any atom is -0.495 e. The monoisotopic (exact) mass is 710 g/mol. The van der Waals surface area contributed by atoms with Gasteiger partial charge in [-0.05, 0) is 78.3 Å². The molecule has 0 aliphatic rings. The van der Waals surface area contributed by atoms with Crippen LogP contribution >= 0.6 is 31.9 Å². The number of carboxylic acids is 2. The van der Waals surface area contributed by atoms with Gasteiger partial charge in [0.05, 0.1) is 51.1 Å². The van der Waals surface area contributed by atoms with Crippen molar-refractivity contribution in [1.29, 1.82) is 0 Å². The molecule has 5 rings (SSSR count). The Kier molecular flexibility index (Phi) is 8.04. The molecule has 0 saturated carbocycles. The molecule has 220 valence electrons. The minimum atomic E-state index is -1.14. The normalized spacial score (nSPS) is 11.2. The van der Waals surface area contributed by atoms with Gasteiger partial charge < -0.3 is 14.9 Å². The van der Waals surface area contributed by atoms with Crippen LogP contribution in [0, 0.1) is 13.8 Å². The highest BCUT2D eigenvalue weighted by atomic mass is 79.9. The van der Waals surface area contributed by atoms with Gasteiger partial charge >= 0.3 is 11.9 Å². The van der Waals surface area contributed by atoms with E-state index in [0.717, 1.165) is 0 Å². The Morgan fingerprint density at radius 2 is 1.26 bits per heavy atom. The summed E-state index contributed by atoms with van der Waals surface area (Å²) in [6.07, 6.45) is 0.